The molecule has 0 heterocycles. The highest BCUT2D eigenvalue weighted by molar-refractivity contribution is 5.66. The van der Waals surface area contributed by atoms with Gasteiger partial charge < -0.3 is 0 Å². The van der Waals surface area contributed by atoms with Gasteiger partial charge in [0.05, 0.1) is 0 Å². The van der Waals surface area contributed by atoms with Crippen molar-refractivity contribution in [3.05, 3.63) is 58.9 Å². The van der Waals surface area contributed by atoms with Crippen LogP contribution in [0.3, 0.4) is 0 Å². The molecule has 138 valence electrons. The average molecular weight is 358 g/mol. The van der Waals surface area contributed by atoms with Crippen LogP contribution >= 0.6 is 0 Å². The number of halogens is 3. The number of benzene rings is 2. The zero-order valence-electron chi connectivity index (χ0n) is 15.2. The molecule has 3 atom stereocenters. The fraction of sp³-hybridized carbons (Fsp3) is 0.478. The van der Waals surface area contributed by atoms with Gasteiger partial charge in [-0.1, -0.05) is 31.9 Å². The first-order valence-corrected chi connectivity index (χ1v) is 9.84. The summed E-state index contributed by atoms with van der Waals surface area (Å²) in [7, 11) is 0. The van der Waals surface area contributed by atoms with Crippen LogP contribution in [0.25, 0.3) is 11.1 Å². The molecule has 0 saturated heterocycles. The van der Waals surface area contributed by atoms with Crippen molar-refractivity contribution in [2.24, 2.45) is 11.8 Å². The van der Waals surface area contributed by atoms with Crippen molar-refractivity contribution in [3.63, 3.8) is 0 Å². The molecule has 1 fully saturated rings. The third kappa shape index (κ3) is 3.17. The monoisotopic (exact) mass is 358 g/mol. The van der Waals surface area contributed by atoms with Crippen LogP contribution in [0.1, 0.15) is 62.5 Å². The Kier molecular flexibility index (Phi) is 4.81. The summed E-state index contributed by atoms with van der Waals surface area (Å²) in [6, 6.07) is 6.94. The summed E-state index contributed by atoms with van der Waals surface area (Å²) in [5.74, 6) is 0.283. The van der Waals surface area contributed by atoms with Crippen molar-refractivity contribution in [1.82, 2.24) is 0 Å². The molecular formula is C23H25F3. The third-order valence-corrected chi connectivity index (χ3v) is 6.41. The Labute approximate surface area is 153 Å². The number of rotatable bonds is 3. The minimum atomic E-state index is -0.675. The van der Waals surface area contributed by atoms with Gasteiger partial charge in [-0.25, -0.2) is 13.2 Å². The molecule has 0 radical (unpaired) electrons. The normalized spacial score (nSPS) is 24.8. The van der Waals surface area contributed by atoms with Gasteiger partial charge in [-0.05, 0) is 78.7 Å². The van der Waals surface area contributed by atoms with Gasteiger partial charge in [-0.2, -0.15) is 0 Å². The summed E-state index contributed by atoms with van der Waals surface area (Å²) in [5.41, 5.74) is 2.48. The molecule has 2 aromatic carbocycles. The first kappa shape index (κ1) is 17.6. The SMILES string of the molecule is CCC[C@@H]1CC[C@@H]2c3ccc(-c4cc(F)cc(F)c4)c(F)c3CC[C@H]2C1. The molecule has 0 aromatic heterocycles. The van der Waals surface area contributed by atoms with Crippen molar-refractivity contribution in [2.45, 2.75) is 57.8 Å². The van der Waals surface area contributed by atoms with Crippen LogP contribution < -0.4 is 0 Å². The van der Waals surface area contributed by atoms with E-state index < -0.39 is 11.6 Å². The number of hydrogen-bond donors (Lipinski definition) is 0. The Morgan fingerprint density at radius 1 is 0.962 bits per heavy atom. The molecule has 3 heteroatoms. The van der Waals surface area contributed by atoms with E-state index in [1.54, 1.807) is 6.07 Å². The topological polar surface area (TPSA) is 0 Å². The minimum Gasteiger partial charge on any atom is -0.207 e. The zero-order valence-corrected chi connectivity index (χ0v) is 15.2. The van der Waals surface area contributed by atoms with E-state index in [0.717, 1.165) is 42.4 Å². The second kappa shape index (κ2) is 7.09. The van der Waals surface area contributed by atoms with Crippen LogP contribution in [0.5, 0.6) is 0 Å². The van der Waals surface area contributed by atoms with E-state index in [0.29, 0.717) is 17.4 Å². The number of hydrogen-bond acceptors (Lipinski definition) is 0. The molecular weight excluding hydrogens is 333 g/mol. The molecule has 0 aliphatic heterocycles. The van der Waals surface area contributed by atoms with Gasteiger partial charge in [-0.15, -0.1) is 0 Å². The molecule has 0 unspecified atom stereocenters. The standard InChI is InChI=1S/C23H25F3/c1-2-3-14-4-6-19-15(10-14)5-7-22-21(19)9-8-20(23(22)26)16-11-17(24)13-18(25)12-16/h8-9,11-15,19H,2-7,10H2,1H3/t14-,15+,19+/m1/s1. The fourth-order valence-electron chi connectivity index (χ4n) is 5.26. The van der Waals surface area contributed by atoms with Crippen molar-refractivity contribution in [2.75, 3.05) is 0 Å². The molecule has 0 amide bonds. The lowest BCUT2D eigenvalue weighted by Gasteiger charge is -2.41. The minimum absolute atomic E-state index is 0.275. The Morgan fingerprint density at radius 3 is 2.46 bits per heavy atom. The summed E-state index contributed by atoms with van der Waals surface area (Å²) >= 11 is 0. The van der Waals surface area contributed by atoms with Crippen LogP contribution in [0.4, 0.5) is 13.2 Å². The lowest BCUT2D eigenvalue weighted by atomic mass is 9.64. The van der Waals surface area contributed by atoms with E-state index in [2.05, 4.69) is 6.92 Å². The Morgan fingerprint density at radius 2 is 1.73 bits per heavy atom. The zero-order chi connectivity index (χ0) is 18.3. The molecule has 2 aromatic rings. The van der Waals surface area contributed by atoms with Crippen LogP contribution in [0, 0.1) is 29.3 Å². The van der Waals surface area contributed by atoms with E-state index in [9.17, 15) is 8.78 Å². The first-order chi connectivity index (χ1) is 12.6. The smallest absolute Gasteiger partial charge is 0.134 e. The van der Waals surface area contributed by atoms with Crippen molar-refractivity contribution < 1.29 is 13.2 Å². The fourth-order valence-corrected chi connectivity index (χ4v) is 5.26. The van der Waals surface area contributed by atoms with Gasteiger partial charge in [0, 0.05) is 11.6 Å². The summed E-state index contributed by atoms with van der Waals surface area (Å²) in [5, 5.41) is 0. The molecule has 0 N–H and O–H groups in total. The van der Waals surface area contributed by atoms with Gasteiger partial charge >= 0.3 is 0 Å². The van der Waals surface area contributed by atoms with E-state index in [1.165, 1.54) is 37.8 Å². The van der Waals surface area contributed by atoms with Crippen molar-refractivity contribution >= 4 is 0 Å². The maximum atomic E-state index is 15.2. The van der Waals surface area contributed by atoms with Crippen LogP contribution in [-0.2, 0) is 6.42 Å². The highest BCUT2D eigenvalue weighted by atomic mass is 19.1. The van der Waals surface area contributed by atoms with Gasteiger partial charge in [-0.3, -0.25) is 0 Å². The Balaban J connectivity index is 1.67. The van der Waals surface area contributed by atoms with Gasteiger partial charge in [0.1, 0.15) is 17.5 Å². The molecule has 0 bridgehead atoms. The van der Waals surface area contributed by atoms with Gasteiger partial charge in [0.25, 0.3) is 0 Å². The highest BCUT2D eigenvalue weighted by Crippen LogP contribution is 2.49. The van der Waals surface area contributed by atoms with E-state index in [4.69, 9.17) is 0 Å². The summed E-state index contributed by atoms with van der Waals surface area (Å²) in [6.07, 6.45) is 7.91. The lowest BCUT2D eigenvalue weighted by molar-refractivity contribution is 0.200. The second-order valence-electron chi connectivity index (χ2n) is 8.03. The molecule has 2 aliphatic rings. The van der Waals surface area contributed by atoms with E-state index in [-0.39, 0.29) is 11.4 Å². The molecule has 2 aliphatic carbocycles. The van der Waals surface area contributed by atoms with E-state index >= 15 is 4.39 Å². The quantitative estimate of drug-likeness (QED) is 0.553. The van der Waals surface area contributed by atoms with Crippen molar-refractivity contribution in [1.29, 1.82) is 0 Å². The van der Waals surface area contributed by atoms with Gasteiger partial charge in [0.2, 0.25) is 0 Å². The molecule has 0 nitrogen and oxygen atoms in total. The predicted octanol–water partition coefficient (Wildman–Crippen LogP) is 7.02. The number of fused-ring (bicyclic) bond motifs is 3. The molecule has 26 heavy (non-hydrogen) atoms. The molecule has 1 saturated carbocycles. The maximum Gasteiger partial charge on any atom is 0.134 e. The second-order valence-corrected chi connectivity index (χ2v) is 8.03. The predicted molar refractivity (Wildman–Crippen MR) is 98.6 cm³/mol. The van der Waals surface area contributed by atoms with E-state index in [1.807, 2.05) is 6.07 Å². The summed E-state index contributed by atoms with van der Waals surface area (Å²) in [6.45, 7) is 2.24. The van der Waals surface area contributed by atoms with Crippen LogP contribution in [-0.4, -0.2) is 0 Å². The molecule has 4 rings (SSSR count). The van der Waals surface area contributed by atoms with Crippen molar-refractivity contribution in [3.8, 4) is 11.1 Å². The van der Waals surface area contributed by atoms with Gasteiger partial charge in [0.15, 0.2) is 0 Å². The third-order valence-electron chi connectivity index (χ3n) is 6.41. The Bertz CT molecular complexity index is 791. The first-order valence-electron chi connectivity index (χ1n) is 9.84. The summed E-state index contributed by atoms with van der Waals surface area (Å²) < 4.78 is 42.3. The maximum absolute atomic E-state index is 15.2. The Hall–Kier alpha value is -1.77. The largest absolute Gasteiger partial charge is 0.207 e. The van der Waals surface area contributed by atoms with Crippen LogP contribution in [0.15, 0.2) is 30.3 Å². The highest BCUT2D eigenvalue weighted by Gasteiger charge is 2.36. The summed E-state index contributed by atoms with van der Waals surface area (Å²) in [4.78, 5) is 0. The lowest BCUT2D eigenvalue weighted by Crippen LogP contribution is -2.28. The van der Waals surface area contributed by atoms with Crippen LogP contribution in [0.2, 0.25) is 0 Å². The average Bonchev–Trinajstić information content (AvgIpc) is 2.61. The molecule has 0 spiro atoms.